The van der Waals surface area contributed by atoms with Gasteiger partial charge in [-0.25, -0.2) is 4.39 Å². The number of benzene rings is 1. The molecule has 0 bridgehead atoms. The van der Waals surface area contributed by atoms with Gasteiger partial charge in [-0.05, 0) is 44.0 Å². The Bertz CT molecular complexity index is 921. The van der Waals surface area contributed by atoms with Crippen LogP contribution in [0.15, 0.2) is 33.7 Å². The van der Waals surface area contributed by atoms with Gasteiger partial charge >= 0.3 is 0 Å². The fraction of sp³-hybridized carbons (Fsp3) is 0.400. The zero-order valence-electron chi connectivity index (χ0n) is 15.8. The van der Waals surface area contributed by atoms with Crippen molar-refractivity contribution >= 4 is 21.7 Å². The van der Waals surface area contributed by atoms with Crippen LogP contribution in [-0.2, 0) is 18.2 Å². The van der Waals surface area contributed by atoms with Crippen molar-refractivity contribution in [3.05, 3.63) is 67.3 Å². The maximum atomic E-state index is 14.3. The Morgan fingerprint density at radius 2 is 2.04 bits per heavy atom. The number of aliphatic hydroxyl groups excluding tert-OH is 1. The van der Waals surface area contributed by atoms with Gasteiger partial charge in [0.2, 0.25) is 0 Å². The minimum Gasteiger partial charge on any atom is -0.393 e. The Labute approximate surface area is 165 Å². The van der Waals surface area contributed by atoms with Crippen LogP contribution in [-0.4, -0.2) is 34.3 Å². The van der Waals surface area contributed by atoms with Crippen LogP contribution in [0.25, 0.3) is 0 Å². The summed E-state index contributed by atoms with van der Waals surface area (Å²) < 4.78 is 21.7. The summed E-state index contributed by atoms with van der Waals surface area (Å²) in [7, 11) is 1.56. The Morgan fingerprint density at radius 1 is 1.37 bits per heavy atom. The zero-order valence-corrected chi connectivity index (χ0v) is 17.4. The first-order chi connectivity index (χ1) is 12.6. The molecule has 0 aliphatic rings. The average molecular weight is 440 g/mol. The van der Waals surface area contributed by atoms with Gasteiger partial charge in [0.1, 0.15) is 12.4 Å². The maximum absolute atomic E-state index is 14.3. The molecule has 0 aliphatic carbocycles. The van der Waals surface area contributed by atoms with E-state index in [1.807, 2.05) is 0 Å². The van der Waals surface area contributed by atoms with Crippen molar-refractivity contribution in [3.63, 3.8) is 0 Å². The second-order valence-corrected chi connectivity index (χ2v) is 8.02. The molecule has 0 unspecified atom stereocenters. The van der Waals surface area contributed by atoms with Crippen molar-refractivity contribution in [2.75, 3.05) is 13.2 Å². The second kappa shape index (κ2) is 8.46. The predicted octanol–water partition coefficient (Wildman–Crippen LogP) is 3.16. The van der Waals surface area contributed by atoms with Gasteiger partial charge in [-0.2, -0.15) is 0 Å². The Hall–Kier alpha value is -1.83. The minimum atomic E-state index is -0.858. The number of aliphatic hydroxyl groups is 1. The van der Waals surface area contributed by atoms with E-state index < -0.39 is 11.4 Å². The normalized spacial score (nSPS) is 11.7. The fourth-order valence-corrected chi connectivity index (χ4v) is 2.97. The van der Waals surface area contributed by atoms with Gasteiger partial charge in [-0.1, -0.05) is 22.0 Å². The van der Waals surface area contributed by atoms with Gasteiger partial charge in [-0.3, -0.25) is 9.59 Å². The number of carbonyl (C=O) groups is 1. The third-order valence-electron chi connectivity index (χ3n) is 4.40. The average Bonchev–Trinajstić information content (AvgIpc) is 2.61. The standard InChI is InChI=1S/C20H23BrFNO4/c1-12-15(7-13-5-6-14(21)8-17(13)22)16(9-23(4)19(12)26)18(25)10-27-20(2,3)11-24/h5-6,8-9,24H,7,10-11H2,1-4H3. The number of aromatic nitrogens is 1. The van der Waals surface area contributed by atoms with Crippen molar-refractivity contribution < 1.29 is 19.0 Å². The van der Waals surface area contributed by atoms with E-state index in [1.54, 1.807) is 40.0 Å². The molecular formula is C20H23BrFNO4. The SMILES string of the molecule is Cc1c(Cc2ccc(Br)cc2F)c(C(=O)COC(C)(C)CO)cn(C)c1=O. The molecule has 1 aromatic carbocycles. The first-order valence-corrected chi connectivity index (χ1v) is 9.26. The number of halogens is 2. The summed E-state index contributed by atoms with van der Waals surface area (Å²) in [6.45, 7) is 4.49. The summed E-state index contributed by atoms with van der Waals surface area (Å²) in [5.74, 6) is -0.747. The minimum absolute atomic E-state index is 0.117. The van der Waals surface area contributed by atoms with Gasteiger partial charge in [0.15, 0.2) is 5.78 Å². The van der Waals surface area contributed by atoms with Gasteiger partial charge in [-0.15, -0.1) is 0 Å². The van der Waals surface area contributed by atoms with Crippen molar-refractivity contribution in [1.82, 2.24) is 4.57 Å². The number of carbonyl (C=O) groups excluding carboxylic acids is 1. The fourth-order valence-electron chi connectivity index (χ4n) is 2.63. The molecule has 7 heteroatoms. The third kappa shape index (κ3) is 5.12. The summed E-state index contributed by atoms with van der Waals surface area (Å²) in [5, 5.41) is 9.28. The highest BCUT2D eigenvalue weighted by atomic mass is 79.9. The summed E-state index contributed by atoms with van der Waals surface area (Å²) in [4.78, 5) is 25.1. The quantitative estimate of drug-likeness (QED) is 0.672. The summed E-state index contributed by atoms with van der Waals surface area (Å²) in [5.41, 5.74) is 0.479. The van der Waals surface area contributed by atoms with Crippen LogP contribution in [0.4, 0.5) is 4.39 Å². The number of ether oxygens (including phenoxy) is 1. The summed E-state index contributed by atoms with van der Waals surface area (Å²) in [6.07, 6.45) is 1.57. The lowest BCUT2D eigenvalue weighted by Crippen LogP contribution is -2.32. The van der Waals surface area contributed by atoms with Gasteiger partial charge in [0.05, 0.1) is 12.2 Å². The molecule has 1 aromatic heterocycles. The summed E-state index contributed by atoms with van der Waals surface area (Å²) in [6, 6.07) is 4.68. The highest BCUT2D eigenvalue weighted by molar-refractivity contribution is 9.10. The van der Waals surface area contributed by atoms with Crippen molar-refractivity contribution in [3.8, 4) is 0 Å². The van der Waals surface area contributed by atoms with E-state index in [2.05, 4.69) is 15.9 Å². The lowest BCUT2D eigenvalue weighted by molar-refractivity contribution is -0.0447. The van der Waals surface area contributed by atoms with E-state index in [0.717, 1.165) is 0 Å². The topological polar surface area (TPSA) is 68.5 Å². The number of hydrogen-bond acceptors (Lipinski definition) is 4. The van der Waals surface area contributed by atoms with Crippen LogP contribution in [0.5, 0.6) is 0 Å². The van der Waals surface area contributed by atoms with Crippen LogP contribution < -0.4 is 5.56 Å². The number of nitrogens with zero attached hydrogens (tertiary/aromatic N) is 1. The highest BCUT2D eigenvalue weighted by Crippen LogP contribution is 2.22. The van der Waals surface area contributed by atoms with Gasteiger partial charge < -0.3 is 14.4 Å². The Kier molecular flexibility index (Phi) is 6.72. The van der Waals surface area contributed by atoms with Crippen molar-refractivity contribution in [1.29, 1.82) is 0 Å². The first-order valence-electron chi connectivity index (χ1n) is 8.47. The lowest BCUT2D eigenvalue weighted by atomic mass is 9.95. The number of hydrogen-bond donors (Lipinski definition) is 1. The van der Waals surface area contributed by atoms with E-state index in [9.17, 15) is 19.1 Å². The number of ketones is 1. The first kappa shape index (κ1) is 21.5. The molecule has 0 saturated heterocycles. The molecule has 146 valence electrons. The highest BCUT2D eigenvalue weighted by Gasteiger charge is 2.23. The number of aryl methyl sites for hydroxylation is 1. The molecule has 1 N–H and O–H groups in total. The monoisotopic (exact) mass is 439 g/mol. The van der Waals surface area contributed by atoms with Crippen LogP contribution in [0, 0.1) is 12.7 Å². The third-order valence-corrected chi connectivity index (χ3v) is 4.89. The number of pyridine rings is 1. The molecule has 0 amide bonds. The van der Waals surface area contributed by atoms with E-state index in [0.29, 0.717) is 26.7 Å². The molecule has 0 saturated carbocycles. The molecule has 1 heterocycles. The van der Waals surface area contributed by atoms with E-state index >= 15 is 0 Å². The molecule has 2 rings (SSSR count). The van der Waals surface area contributed by atoms with Crippen LogP contribution in [0.3, 0.4) is 0 Å². The largest absolute Gasteiger partial charge is 0.393 e. The lowest BCUT2D eigenvalue weighted by Gasteiger charge is -2.22. The second-order valence-electron chi connectivity index (χ2n) is 7.10. The number of Topliss-reactive ketones (excluding diaryl/α,β-unsaturated/α-hetero) is 1. The molecule has 0 aliphatic heterocycles. The van der Waals surface area contributed by atoms with Gasteiger partial charge in [0, 0.05) is 35.3 Å². The zero-order chi connectivity index (χ0) is 20.4. The molecule has 27 heavy (non-hydrogen) atoms. The van der Waals surface area contributed by atoms with Crippen molar-refractivity contribution in [2.45, 2.75) is 32.8 Å². The van der Waals surface area contributed by atoms with Crippen molar-refractivity contribution in [2.24, 2.45) is 7.05 Å². The molecular weight excluding hydrogens is 417 g/mol. The van der Waals surface area contributed by atoms with E-state index in [-0.39, 0.29) is 31.0 Å². The predicted molar refractivity (Wildman–Crippen MR) is 105 cm³/mol. The molecule has 0 radical (unpaired) electrons. The summed E-state index contributed by atoms with van der Waals surface area (Å²) >= 11 is 3.22. The molecule has 0 atom stereocenters. The van der Waals surface area contributed by atoms with E-state index in [1.165, 1.54) is 16.8 Å². The van der Waals surface area contributed by atoms with Crippen LogP contribution in [0.1, 0.15) is 40.9 Å². The smallest absolute Gasteiger partial charge is 0.253 e. The molecule has 0 spiro atoms. The molecule has 0 fully saturated rings. The molecule has 2 aromatic rings. The van der Waals surface area contributed by atoms with E-state index in [4.69, 9.17) is 4.74 Å². The molecule has 5 nitrogen and oxygen atoms in total. The number of rotatable bonds is 7. The van der Waals surface area contributed by atoms with Gasteiger partial charge in [0.25, 0.3) is 5.56 Å². The Balaban J connectivity index is 2.45. The maximum Gasteiger partial charge on any atom is 0.253 e. The Morgan fingerprint density at radius 3 is 2.63 bits per heavy atom. The van der Waals surface area contributed by atoms with Crippen LogP contribution >= 0.6 is 15.9 Å². The van der Waals surface area contributed by atoms with Crippen LogP contribution in [0.2, 0.25) is 0 Å².